The Kier molecular flexibility index (Phi) is 3.80. The second-order valence-corrected chi connectivity index (χ2v) is 5.55. The monoisotopic (exact) mass is 328 g/mol. The van der Waals surface area contributed by atoms with Gasteiger partial charge in [0.1, 0.15) is 5.60 Å². The van der Waals surface area contributed by atoms with Crippen LogP contribution in [0.5, 0.6) is 0 Å². The zero-order chi connectivity index (χ0) is 13.3. The van der Waals surface area contributed by atoms with E-state index in [-0.39, 0.29) is 0 Å². The Morgan fingerprint density at radius 2 is 2.17 bits per heavy atom. The maximum Gasteiger partial charge on any atom is 0.130 e. The summed E-state index contributed by atoms with van der Waals surface area (Å²) >= 11 is 9.56. The number of hydrogen-bond donors (Lipinski definition) is 1. The fraction of sp³-hybridized carbons (Fsp3) is 0.308. The van der Waals surface area contributed by atoms with E-state index in [1.54, 1.807) is 23.9 Å². The molecule has 0 spiro atoms. The molecule has 5 heteroatoms. The molecule has 96 valence electrons. The van der Waals surface area contributed by atoms with Gasteiger partial charge in [0.2, 0.25) is 0 Å². The second kappa shape index (κ2) is 5.03. The van der Waals surface area contributed by atoms with Crippen LogP contribution in [0, 0.1) is 0 Å². The van der Waals surface area contributed by atoms with Gasteiger partial charge in [0.15, 0.2) is 0 Å². The number of nitrogens with zero attached hydrogens (tertiary/aromatic N) is 2. The summed E-state index contributed by atoms with van der Waals surface area (Å²) in [4.78, 5) is 0. The van der Waals surface area contributed by atoms with Gasteiger partial charge in [-0.05, 0) is 32.0 Å². The Bertz CT molecular complexity index is 566. The molecule has 1 heterocycles. The number of rotatable bonds is 3. The zero-order valence-electron chi connectivity index (χ0n) is 10.2. The van der Waals surface area contributed by atoms with Crippen LogP contribution in [-0.4, -0.2) is 14.9 Å². The van der Waals surface area contributed by atoms with Gasteiger partial charge in [-0.1, -0.05) is 33.6 Å². The third-order valence-electron chi connectivity index (χ3n) is 2.97. The third kappa shape index (κ3) is 2.32. The van der Waals surface area contributed by atoms with E-state index in [1.165, 1.54) is 0 Å². The molecule has 0 radical (unpaired) electrons. The van der Waals surface area contributed by atoms with E-state index in [4.69, 9.17) is 11.6 Å². The maximum atomic E-state index is 10.8. The Morgan fingerprint density at radius 3 is 2.78 bits per heavy atom. The molecule has 2 rings (SSSR count). The van der Waals surface area contributed by atoms with E-state index in [0.29, 0.717) is 17.1 Å². The van der Waals surface area contributed by atoms with Gasteiger partial charge in [0.25, 0.3) is 0 Å². The summed E-state index contributed by atoms with van der Waals surface area (Å²) in [7, 11) is 0. The van der Waals surface area contributed by atoms with E-state index in [9.17, 15) is 5.11 Å². The molecule has 2 aromatic rings. The molecule has 1 unspecified atom stereocenters. The minimum atomic E-state index is -1.16. The molecule has 0 saturated heterocycles. The summed E-state index contributed by atoms with van der Waals surface area (Å²) in [6.07, 6.45) is 1.68. The third-order valence-corrected chi connectivity index (χ3v) is 3.78. The van der Waals surface area contributed by atoms with E-state index < -0.39 is 5.60 Å². The van der Waals surface area contributed by atoms with Crippen LogP contribution in [-0.2, 0) is 12.1 Å². The van der Waals surface area contributed by atoms with Gasteiger partial charge in [-0.15, -0.1) is 0 Å². The van der Waals surface area contributed by atoms with Crippen LogP contribution in [0.1, 0.15) is 25.1 Å². The van der Waals surface area contributed by atoms with Crippen LogP contribution in [0.15, 0.2) is 34.9 Å². The molecule has 0 aliphatic rings. The van der Waals surface area contributed by atoms with Crippen molar-refractivity contribution in [3.63, 3.8) is 0 Å². The first-order valence-electron chi connectivity index (χ1n) is 5.67. The van der Waals surface area contributed by atoms with E-state index >= 15 is 0 Å². The van der Waals surface area contributed by atoms with Gasteiger partial charge in [0, 0.05) is 27.8 Å². The van der Waals surface area contributed by atoms with Gasteiger partial charge in [-0.3, -0.25) is 4.68 Å². The van der Waals surface area contributed by atoms with Gasteiger partial charge in [-0.25, -0.2) is 0 Å². The maximum absolute atomic E-state index is 10.8. The second-order valence-electron chi connectivity index (χ2n) is 4.23. The van der Waals surface area contributed by atoms with Crippen LogP contribution in [0.2, 0.25) is 5.02 Å². The highest BCUT2D eigenvalue weighted by molar-refractivity contribution is 9.10. The number of aromatic nitrogens is 2. The van der Waals surface area contributed by atoms with Crippen molar-refractivity contribution in [2.75, 3.05) is 0 Å². The van der Waals surface area contributed by atoms with Crippen LogP contribution >= 0.6 is 27.5 Å². The summed E-state index contributed by atoms with van der Waals surface area (Å²) in [6.45, 7) is 4.41. The first-order valence-corrected chi connectivity index (χ1v) is 6.84. The van der Waals surface area contributed by atoms with Crippen LogP contribution < -0.4 is 0 Å². The predicted molar refractivity (Wildman–Crippen MR) is 75.7 cm³/mol. The predicted octanol–water partition coefficient (Wildman–Crippen LogP) is 3.57. The van der Waals surface area contributed by atoms with Crippen molar-refractivity contribution < 1.29 is 5.11 Å². The molecule has 3 nitrogen and oxygen atoms in total. The van der Waals surface area contributed by atoms with Crippen molar-refractivity contribution in [3.05, 3.63) is 51.2 Å². The summed E-state index contributed by atoms with van der Waals surface area (Å²) in [5, 5.41) is 15.5. The van der Waals surface area contributed by atoms with Crippen molar-refractivity contribution in [3.8, 4) is 0 Å². The van der Waals surface area contributed by atoms with Crippen molar-refractivity contribution in [1.82, 2.24) is 9.78 Å². The molecule has 0 aliphatic carbocycles. The molecule has 0 aliphatic heterocycles. The number of aryl methyl sites for hydroxylation is 1. The minimum absolute atomic E-state index is 0.526. The zero-order valence-corrected chi connectivity index (χ0v) is 12.5. The van der Waals surface area contributed by atoms with E-state index in [0.717, 1.165) is 10.2 Å². The van der Waals surface area contributed by atoms with Crippen molar-refractivity contribution in [1.29, 1.82) is 0 Å². The van der Waals surface area contributed by atoms with Gasteiger partial charge in [0.05, 0.1) is 5.69 Å². The Morgan fingerprint density at radius 1 is 1.44 bits per heavy atom. The van der Waals surface area contributed by atoms with Crippen LogP contribution in [0.3, 0.4) is 0 Å². The largest absolute Gasteiger partial charge is 0.379 e. The van der Waals surface area contributed by atoms with Gasteiger partial charge >= 0.3 is 0 Å². The molecule has 1 atom stereocenters. The molecule has 0 amide bonds. The number of benzene rings is 1. The molecule has 1 aromatic heterocycles. The summed E-state index contributed by atoms with van der Waals surface area (Å²) in [5.74, 6) is 0. The van der Waals surface area contributed by atoms with Crippen LogP contribution in [0.25, 0.3) is 0 Å². The Labute approximate surface area is 120 Å². The summed E-state index contributed by atoms with van der Waals surface area (Å²) in [6, 6.07) is 7.27. The first-order chi connectivity index (χ1) is 8.46. The molecule has 1 aromatic carbocycles. The molecule has 1 N–H and O–H groups in total. The standard InChI is InChI=1S/C13H14BrClN2O/c1-3-17-12(6-7-16-17)13(2,18)10-5-4-9(14)8-11(10)15/h4-8,18H,3H2,1-2H3. The lowest BCUT2D eigenvalue weighted by molar-refractivity contribution is 0.0918. The fourth-order valence-corrected chi connectivity index (χ4v) is 2.88. The van der Waals surface area contributed by atoms with E-state index in [1.807, 2.05) is 25.1 Å². The van der Waals surface area contributed by atoms with Crippen molar-refractivity contribution >= 4 is 27.5 Å². The number of halogens is 2. The lowest BCUT2D eigenvalue weighted by atomic mass is 9.92. The van der Waals surface area contributed by atoms with Crippen LogP contribution in [0.4, 0.5) is 0 Å². The minimum Gasteiger partial charge on any atom is -0.379 e. The van der Waals surface area contributed by atoms with E-state index in [2.05, 4.69) is 21.0 Å². The van der Waals surface area contributed by atoms with Crippen molar-refractivity contribution in [2.45, 2.75) is 26.0 Å². The molecule has 0 fully saturated rings. The number of hydrogen-bond acceptors (Lipinski definition) is 2. The number of aliphatic hydroxyl groups is 1. The Balaban J connectivity index is 2.54. The average Bonchev–Trinajstić information content (AvgIpc) is 2.76. The lowest BCUT2D eigenvalue weighted by Crippen LogP contribution is -2.27. The smallest absolute Gasteiger partial charge is 0.130 e. The topological polar surface area (TPSA) is 38.0 Å². The molecular formula is C13H14BrClN2O. The summed E-state index contributed by atoms with van der Waals surface area (Å²) in [5.41, 5.74) is 0.237. The molecule has 0 bridgehead atoms. The molecule has 18 heavy (non-hydrogen) atoms. The lowest BCUT2D eigenvalue weighted by Gasteiger charge is -2.25. The average molecular weight is 330 g/mol. The highest BCUT2D eigenvalue weighted by Gasteiger charge is 2.31. The summed E-state index contributed by atoms with van der Waals surface area (Å²) < 4.78 is 2.65. The Hall–Kier alpha value is -0.840. The van der Waals surface area contributed by atoms with Crippen molar-refractivity contribution in [2.24, 2.45) is 0 Å². The fourth-order valence-electron chi connectivity index (χ4n) is 2.02. The molecule has 0 saturated carbocycles. The quantitative estimate of drug-likeness (QED) is 0.935. The normalized spacial score (nSPS) is 14.5. The first kappa shape index (κ1) is 13.6. The highest BCUT2D eigenvalue weighted by atomic mass is 79.9. The van der Waals surface area contributed by atoms with Gasteiger partial charge in [-0.2, -0.15) is 5.10 Å². The highest BCUT2D eigenvalue weighted by Crippen LogP contribution is 2.35. The molecular weight excluding hydrogens is 316 g/mol. The van der Waals surface area contributed by atoms with Gasteiger partial charge < -0.3 is 5.11 Å². The SMILES string of the molecule is CCn1nccc1C(C)(O)c1ccc(Br)cc1Cl.